The number of amides is 2. The molecule has 0 unspecified atom stereocenters. The number of rotatable bonds is 7. The van der Waals surface area contributed by atoms with Crippen LogP contribution in [-0.2, 0) is 34.3 Å². The van der Waals surface area contributed by atoms with E-state index in [4.69, 9.17) is 4.74 Å². The average molecular weight is 623 g/mol. The molecule has 43 heavy (non-hydrogen) atoms. The van der Waals surface area contributed by atoms with Gasteiger partial charge in [0.1, 0.15) is 5.00 Å². The van der Waals surface area contributed by atoms with Crippen LogP contribution in [-0.4, -0.2) is 80.3 Å². The SMILES string of the molecule is O=C(Nc1sc2c(c1C(=O)N1CCOCC1)CCN(Cc1ccccc1)C2)c1ccc(S(=O)(=O)N2CCCCCC2)cc1. The first kappa shape index (κ1) is 30.0. The molecule has 3 aliphatic heterocycles. The number of thiophene rings is 1. The number of nitrogens with zero attached hydrogens (tertiary/aromatic N) is 3. The molecule has 0 saturated carbocycles. The molecule has 0 spiro atoms. The van der Waals surface area contributed by atoms with Crippen LogP contribution >= 0.6 is 11.3 Å². The van der Waals surface area contributed by atoms with Gasteiger partial charge in [-0.15, -0.1) is 11.3 Å². The number of hydrogen-bond donors (Lipinski definition) is 1. The second kappa shape index (κ2) is 13.3. The minimum Gasteiger partial charge on any atom is -0.378 e. The van der Waals surface area contributed by atoms with E-state index in [0.717, 1.165) is 55.6 Å². The quantitative estimate of drug-likeness (QED) is 0.414. The van der Waals surface area contributed by atoms with Crippen LogP contribution in [0.15, 0.2) is 59.5 Å². The molecular formula is C32H38N4O5S2. The van der Waals surface area contributed by atoms with Gasteiger partial charge in [-0.25, -0.2) is 8.42 Å². The molecule has 2 aromatic carbocycles. The molecule has 1 N–H and O–H groups in total. The van der Waals surface area contributed by atoms with Gasteiger partial charge < -0.3 is 15.0 Å². The largest absolute Gasteiger partial charge is 0.378 e. The molecular weight excluding hydrogens is 585 g/mol. The maximum Gasteiger partial charge on any atom is 0.257 e. The number of benzene rings is 2. The van der Waals surface area contributed by atoms with Gasteiger partial charge in [0.15, 0.2) is 0 Å². The first-order valence-corrected chi connectivity index (χ1v) is 17.4. The number of anilines is 1. The van der Waals surface area contributed by atoms with Crippen LogP contribution in [0, 0.1) is 0 Å². The van der Waals surface area contributed by atoms with Gasteiger partial charge in [0.25, 0.3) is 11.8 Å². The summed E-state index contributed by atoms with van der Waals surface area (Å²) in [6.07, 6.45) is 4.53. The Morgan fingerprint density at radius 1 is 0.860 bits per heavy atom. The van der Waals surface area contributed by atoms with E-state index in [1.807, 2.05) is 18.2 Å². The van der Waals surface area contributed by atoms with Crippen molar-refractivity contribution in [3.63, 3.8) is 0 Å². The third-order valence-electron chi connectivity index (χ3n) is 8.44. The predicted octanol–water partition coefficient (Wildman–Crippen LogP) is 4.60. The third-order valence-corrected chi connectivity index (χ3v) is 11.5. The fraction of sp³-hybridized carbons (Fsp3) is 0.438. The van der Waals surface area contributed by atoms with Crippen molar-refractivity contribution in [2.75, 3.05) is 51.3 Å². The highest BCUT2D eigenvalue weighted by Crippen LogP contribution is 2.39. The Hall–Kier alpha value is -3.09. The molecule has 2 fully saturated rings. The summed E-state index contributed by atoms with van der Waals surface area (Å²) < 4.78 is 33.4. The number of morpholine rings is 1. The van der Waals surface area contributed by atoms with Crippen molar-refractivity contribution in [1.82, 2.24) is 14.1 Å². The summed E-state index contributed by atoms with van der Waals surface area (Å²) in [5, 5.41) is 3.57. The van der Waals surface area contributed by atoms with Crippen molar-refractivity contribution in [2.45, 2.75) is 50.1 Å². The molecule has 0 radical (unpaired) electrons. The molecule has 11 heteroatoms. The van der Waals surface area contributed by atoms with Crippen LogP contribution < -0.4 is 5.32 Å². The van der Waals surface area contributed by atoms with E-state index in [1.165, 1.54) is 29.0 Å². The Morgan fingerprint density at radius 2 is 1.56 bits per heavy atom. The van der Waals surface area contributed by atoms with Crippen molar-refractivity contribution in [3.8, 4) is 0 Å². The summed E-state index contributed by atoms with van der Waals surface area (Å²) in [6.45, 7) is 5.42. The Bertz CT molecular complexity index is 1540. The maximum absolute atomic E-state index is 13.8. The van der Waals surface area contributed by atoms with E-state index in [1.54, 1.807) is 21.3 Å². The summed E-state index contributed by atoms with van der Waals surface area (Å²) in [4.78, 5) is 32.7. The Kier molecular flexibility index (Phi) is 9.25. The maximum atomic E-state index is 13.8. The zero-order valence-corrected chi connectivity index (χ0v) is 25.9. The molecule has 228 valence electrons. The zero-order chi connectivity index (χ0) is 29.8. The zero-order valence-electron chi connectivity index (χ0n) is 24.3. The number of fused-ring (bicyclic) bond motifs is 1. The van der Waals surface area contributed by atoms with Gasteiger partial charge in [-0.3, -0.25) is 14.5 Å². The molecule has 3 aliphatic rings. The molecule has 3 aromatic rings. The number of carbonyl (C=O) groups excluding carboxylic acids is 2. The number of ether oxygens (including phenoxy) is 1. The summed E-state index contributed by atoms with van der Waals surface area (Å²) in [5.41, 5.74) is 3.17. The smallest absolute Gasteiger partial charge is 0.257 e. The van der Waals surface area contributed by atoms with Gasteiger partial charge in [0.05, 0.1) is 23.7 Å². The molecule has 9 nitrogen and oxygen atoms in total. The lowest BCUT2D eigenvalue weighted by atomic mass is 10.0. The second-order valence-electron chi connectivity index (χ2n) is 11.4. The number of hydrogen-bond acceptors (Lipinski definition) is 7. The molecule has 2 amide bonds. The van der Waals surface area contributed by atoms with Crippen LogP contribution in [0.5, 0.6) is 0 Å². The standard InChI is InChI=1S/C32H38N4O5S2/c37-30(25-10-12-26(13-11-25)43(39,40)36-15-6-1-2-7-16-36)33-31-29(32(38)35-18-20-41-21-19-35)27-14-17-34(23-28(27)42-31)22-24-8-4-3-5-9-24/h3-5,8-13H,1-2,6-7,14-23H2,(H,33,37). The lowest BCUT2D eigenvalue weighted by Gasteiger charge is -2.29. The molecule has 0 bridgehead atoms. The van der Waals surface area contributed by atoms with Crippen LogP contribution in [0.25, 0.3) is 0 Å². The van der Waals surface area contributed by atoms with E-state index < -0.39 is 10.0 Å². The Balaban J connectivity index is 1.23. The molecule has 0 atom stereocenters. The molecule has 1 aromatic heterocycles. The van der Waals surface area contributed by atoms with Gasteiger partial charge in [-0.2, -0.15) is 4.31 Å². The van der Waals surface area contributed by atoms with Crippen molar-refractivity contribution in [3.05, 3.63) is 81.7 Å². The fourth-order valence-electron chi connectivity index (χ4n) is 6.06. The van der Waals surface area contributed by atoms with E-state index in [-0.39, 0.29) is 16.7 Å². The van der Waals surface area contributed by atoms with Crippen LogP contribution in [0.2, 0.25) is 0 Å². The van der Waals surface area contributed by atoms with Crippen LogP contribution in [0.4, 0.5) is 5.00 Å². The monoisotopic (exact) mass is 622 g/mol. The third kappa shape index (κ3) is 6.71. The normalized spacial score (nSPS) is 18.6. The van der Waals surface area contributed by atoms with Crippen molar-refractivity contribution < 1.29 is 22.7 Å². The van der Waals surface area contributed by atoms with E-state index in [2.05, 4.69) is 22.3 Å². The number of nitrogens with one attached hydrogen (secondary N) is 1. The van der Waals surface area contributed by atoms with E-state index >= 15 is 0 Å². The van der Waals surface area contributed by atoms with Gasteiger partial charge >= 0.3 is 0 Å². The minimum atomic E-state index is -3.61. The van der Waals surface area contributed by atoms with Crippen molar-refractivity contribution >= 4 is 38.2 Å². The van der Waals surface area contributed by atoms with Crippen molar-refractivity contribution in [1.29, 1.82) is 0 Å². The average Bonchev–Trinajstić information content (AvgIpc) is 3.18. The summed E-state index contributed by atoms with van der Waals surface area (Å²) in [7, 11) is -3.61. The molecule has 2 saturated heterocycles. The van der Waals surface area contributed by atoms with E-state index in [0.29, 0.717) is 62.1 Å². The Labute approximate surface area is 257 Å². The highest BCUT2D eigenvalue weighted by Gasteiger charge is 2.32. The summed E-state index contributed by atoms with van der Waals surface area (Å²) in [6, 6.07) is 16.5. The molecule has 4 heterocycles. The first-order valence-electron chi connectivity index (χ1n) is 15.1. The van der Waals surface area contributed by atoms with Gasteiger partial charge in [0, 0.05) is 56.3 Å². The minimum absolute atomic E-state index is 0.0773. The van der Waals surface area contributed by atoms with Gasteiger partial charge in [0.2, 0.25) is 10.0 Å². The summed E-state index contributed by atoms with van der Waals surface area (Å²) in [5.74, 6) is -0.444. The fourth-order valence-corrected chi connectivity index (χ4v) is 8.85. The molecule has 6 rings (SSSR count). The van der Waals surface area contributed by atoms with Gasteiger partial charge in [-0.1, -0.05) is 43.2 Å². The van der Waals surface area contributed by atoms with Crippen LogP contribution in [0.1, 0.15) is 62.4 Å². The highest BCUT2D eigenvalue weighted by atomic mass is 32.2. The summed E-state index contributed by atoms with van der Waals surface area (Å²) >= 11 is 1.46. The Morgan fingerprint density at radius 3 is 2.26 bits per heavy atom. The predicted molar refractivity (Wildman–Crippen MR) is 167 cm³/mol. The molecule has 0 aliphatic carbocycles. The number of carbonyl (C=O) groups is 2. The van der Waals surface area contributed by atoms with Crippen LogP contribution in [0.3, 0.4) is 0 Å². The lowest BCUT2D eigenvalue weighted by molar-refractivity contribution is 0.0302. The number of sulfonamides is 1. The van der Waals surface area contributed by atoms with Crippen molar-refractivity contribution in [2.24, 2.45) is 0 Å². The first-order chi connectivity index (χ1) is 20.9. The van der Waals surface area contributed by atoms with E-state index in [9.17, 15) is 18.0 Å². The highest BCUT2D eigenvalue weighted by molar-refractivity contribution is 7.89. The topological polar surface area (TPSA) is 99.3 Å². The second-order valence-corrected chi connectivity index (χ2v) is 14.4. The lowest BCUT2D eigenvalue weighted by Crippen LogP contribution is -2.41. The van der Waals surface area contributed by atoms with Gasteiger partial charge in [-0.05, 0) is 54.7 Å².